The van der Waals surface area contributed by atoms with Gasteiger partial charge in [0.25, 0.3) is 5.69 Å². The first-order valence-electron chi connectivity index (χ1n) is 9.29. The Morgan fingerprint density at radius 1 is 1.25 bits per heavy atom. The molecule has 0 fully saturated rings. The van der Waals surface area contributed by atoms with Crippen molar-refractivity contribution in [1.29, 1.82) is 0 Å². The van der Waals surface area contributed by atoms with Crippen molar-refractivity contribution < 1.29 is 14.8 Å². The Hall–Kier alpha value is -3.96. The molecule has 9 nitrogen and oxygen atoms in total. The first-order valence-corrected chi connectivity index (χ1v) is 10.5. The largest absolute Gasteiger partial charge is 0.492 e. The number of non-ortho nitro benzene ring substituents is 1. The normalized spacial score (nSPS) is 13.9. The van der Waals surface area contributed by atoms with Crippen LogP contribution >= 0.6 is 23.6 Å². The van der Waals surface area contributed by atoms with Crippen molar-refractivity contribution in [3.05, 3.63) is 90.2 Å². The number of nitro benzene ring substituents is 1. The fourth-order valence-corrected chi connectivity index (χ4v) is 4.21. The van der Waals surface area contributed by atoms with Crippen LogP contribution in [0.5, 0.6) is 5.88 Å². The van der Waals surface area contributed by atoms with Crippen LogP contribution in [0.25, 0.3) is 6.08 Å². The lowest BCUT2D eigenvalue weighted by atomic mass is 10.0. The molecule has 1 aliphatic rings. The predicted octanol–water partition coefficient (Wildman–Crippen LogP) is 4.08. The summed E-state index contributed by atoms with van der Waals surface area (Å²) in [6.45, 7) is 0. The van der Waals surface area contributed by atoms with Crippen LogP contribution in [-0.2, 0) is 11.2 Å². The number of hydrogen-bond donors (Lipinski definition) is 2. The number of benzene rings is 2. The quantitative estimate of drug-likeness (QED) is 0.323. The Labute approximate surface area is 190 Å². The number of amides is 1. The molecule has 0 radical (unpaired) electrons. The van der Waals surface area contributed by atoms with Crippen molar-refractivity contribution in [2.75, 3.05) is 5.43 Å². The van der Waals surface area contributed by atoms with E-state index in [1.54, 1.807) is 18.2 Å². The molecule has 32 heavy (non-hydrogen) atoms. The van der Waals surface area contributed by atoms with Gasteiger partial charge in [-0.3, -0.25) is 20.3 Å². The van der Waals surface area contributed by atoms with Gasteiger partial charge in [0.1, 0.15) is 5.71 Å². The van der Waals surface area contributed by atoms with E-state index in [1.807, 2.05) is 30.3 Å². The van der Waals surface area contributed by atoms with Gasteiger partial charge in [-0.05, 0) is 23.9 Å². The molecule has 4 rings (SSSR count). The van der Waals surface area contributed by atoms with Gasteiger partial charge in [0.05, 0.1) is 22.4 Å². The molecule has 0 aliphatic carbocycles. The van der Waals surface area contributed by atoms with Gasteiger partial charge >= 0.3 is 0 Å². The molecule has 1 amide bonds. The minimum Gasteiger partial charge on any atom is -0.492 e. The molecule has 11 heteroatoms. The summed E-state index contributed by atoms with van der Waals surface area (Å²) in [6.07, 6.45) is 3.23. The molecule has 2 heterocycles. The van der Waals surface area contributed by atoms with Crippen LogP contribution < -0.4 is 5.43 Å². The van der Waals surface area contributed by atoms with Gasteiger partial charge < -0.3 is 5.11 Å². The van der Waals surface area contributed by atoms with Crippen LogP contribution in [0.2, 0.25) is 0 Å². The maximum atomic E-state index is 12.4. The summed E-state index contributed by atoms with van der Waals surface area (Å²) in [5.74, 6) is -0.562. The number of aromatic hydroxyl groups is 1. The van der Waals surface area contributed by atoms with Crippen molar-refractivity contribution in [2.45, 2.75) is 6.42 Å². The maximum Gasteiger partial charge on any atom is 0.270 e. The zero-order chi connectivity index (χ0) is 22.7. The average molecular weight is 466 g/mol. The van der Waals surface area contributed by atoms with Gasteiger partial charge in [-0.1, -0.05) is 53.8 Å². The van der Waals surface area contributed by atoms with Crippen molar-refractivity contribution >= 4 is 53.2 Å². The number of thiazole rings is 1. The molecule has 0 bridgehead atoms. The molecule has 160 valence electrons. The fraction of sp³-hybridized carbons (Fsp3) is 0.0476. The second-order valence-electron chi connectivity index (χ2n) is 6.69. The first kappa shape index (κ1) is 21.3. The molecule has 0 spiro atoms. The standard InChI is InChI=1S/C21H15N5O4S2/c27-18(9-13-5-2-1-3-6-13)24-25-20(28)17(32-21(25)31)11-15-12-22-23-19(15)14-7-4-8-16(10-14)26(29)30/h1-8,10-12,28H,9H2,(H,24,27)/b15-11-. The lowest BCUT2D eigenvalue weighted by molar-refractivity contribution is -0.384. The van der Waals surface area contributed by atoms with E-state index in [0.29, 0.717) is 21.7 Å². The number of carbonyl (C=O) groups is 1. The summed E-state index contributed by atoms with van der Waals surface area (Å²) in [5.41, 5.74) is 4.84. The number of nitrogens with one attached hydrogen (secondary N) is 1. The lowest BCUT2D eigenvalue weighted by Crippen LogP contribution is -2.24. The number of allylic oxidation sites excluding steroid dienone is 1. The highest BCUT2D eigenvalue weighted by Gasteiger charge is 2.19. The molecule has 1 aromatic heterocycles. The Balaban J connectivity index is 1.58. The van der Waals surface area contributed by atoms with E-state index >= 15 is 0 Å². The second-order valence-corrected chi connectivity index (χ2v) is 8.36. The molecule has 0 saturated heterocycles. The van der Waals surface area contributed by atoms with Crippen LogP contribution in [-0.4, -0.2) is 32.5 Å². The number of nitrogens with zero attached hydrogens (tertiary/aromatic N) is 4. The molecular formula is C21H15N5O4S2. The highest BCUT2D eigenvalue weighted by molar-refractivity contribution is 7.73. The molecule has 2 N–H and O–H groups in total. The van der Waals surface area contributed by atoms with Gasteiger partial charge in [0, 0.05) is 23.3 Å². The number of hydrogen-bond acceptors (Lipinski definition) is 8. The van der Waals surface area contributed by atoms with Crippen LogP contribution in [0.1, 0.15) is 16.0 Å². The Bertz CT molecular complexity index is 1360. The predicted molar refractivity (Wildman–Crippen MR) is 125 cm³/mol. The Morgan fingerprint density at radius 3 is 2.78 bits per heavy atom. The third-order valence-corrected chi connectivity index (χ3v) is 5.81. The molecular weight excluding hydrogens is 450 g/mol. The second kappa shape index (κ2) is 9.04. The SMILES string of the molecule is O=C(Cc1ccccc1)Nn1c(O)c(/C=C2/C=NN=C2c2cccc([N+](=O)[O-])c2)sc1=S. The van der Waals surface area contributed by atoms with E-state index in [2.05, 4.69) is 15.6 Å². The summed E-state index contributed by atoms with van der Waals surface area (Å²) < 4.78 is 1.40. The number of carbonyl (C=O) groups excluding carboxylic acids is 1. The Kier molecular flexibility index (Phi) is 6.01. The van der Waals surface area contributed by atoms with Crippen molar-refractivity contribution in [3.8, 4) is 5.88 Å². The summed E-state index contributed by atoms with van der Waals surface area (Å²) in [6, 6.07) is 15.2. The smallest absolute Gasteiger partial charge is 0.270 e. The van der Waals surface area contributed by atoms with Gasteiger partial charge in [-0.2, -0.15) is 9.78 Å². The fourth-order valence-electron chi connectivity index (χ4n) is 3.03. The summed E-state index contributed by atoms with van der Waals surface area (Å²) >= 11 is 6.38. The number of rotatable bonds is 6. The zero-order valence-corrected chi connectivity index (χ0v) is 18.0. The van der Waals surface area contributed by atoms with E-state index in [1.165, 1.54) is 18.3 Å². The van der Waals surface area contributed by atoms with E-state index in [0.717, 1.165) is 21.6 Å². The van der Waals surface area contributed by atoms with Gasteiger partial charge in [0.2, 0.25) is 11.8 Å². The van der Waals surface area contributed by atoms with E-state index in [4.69, 9.17) is 12.2 Å². The van der Waals surface area contributed by atoms with Crippen molar-refractivity contribution in [3.63, 3.8) is 0 Å². The van der Waals surface area contributed by atoms with Gasteiger partial charge in [-0.15, -0.1) is 5.10 Å². The van der Waals surface area contributed by atoms with E-state index in [-0.39, 0.29) is 27.8 Å². The van der Waals surface area contributed by atoms with Crippen LogP contribution in [0.4, 0.5) is 5.69 Å². The molecule has 0 unspecified atom stereocenters. The summed E-state index contributed by atoms with van der Waals surface area (Å²) in [4.78, 5) is 23.3. The van der Waals surface area contributed by atoms with Crippen LogP contribution in [0.3, 0.4) is 0 Å². The lowest BCUT2D eigenvalue weighted by Gasteiger charge is -2.07. The molecule has 1 aliphatic heterocycles. The molecule has 2 aromatic carbocycles. The van der Waals surface area contributed by atoms with Crippen molar-refractivity contribution in [2.24, 2.45) is 10.2 Å². The molecule has 0 saturated carbocycles. The van der Waals surface area contributed by atoms with E-state index in [9.17, 15) is 20.0 Å². The minimum atomic E-state index is -0.487. The highest BCUT2D eigenvalue weighted by Crippen LogP contribution is 2.29. The van der Waals surface area contributed by atoms with Gasteiger partial charge in [0.15, 0.2) is 3.95 Å². The number of nitro groups is 1. The monoisotopic (exact) mass is 465 g/mol. The van der Waals surface area contributed by atoms with Crippen LogP contribution in [0.15, 0.2) is 70.4 Å². The van der Waals surface area contributed by atoms with Gasteiger partial charge in [-0.25, -0.2) is 0 Å². The zero-order valence-electron chi connectivity index (χ0n) is 16.3. The Morgan fingerprint density at radius 2 is 2.03 bits per heavy atom. The third kappa shape index (κ3) is 4.53. The number of aromatic nitrogens is 1. The van der Waals surface area contributed by atoms with Crippen LogP contribution in [0, 0.1) is 14.1 Å². The summed E-state index contributed by atoms with van der Waals surface area (Å²) in [5, 5.41) is 29.6. The van der Waals surface area contributed by atoms with E-state index < -0.39 is 4.92 Å². The highest BCUT2D eigenvalue weighted by atomic mass is 32.1. The maximum absolute atomic E-state index is 12.4. The third-order valence-electron chi connectivity index (χ3n) is 4.50. The average Bonchev–Trinajstić information content (AvgIpc) is 3.34. The van der Waals surface area contributed by atoms with Crippen molar-refractivity contribution in [1.82, 2.24) is 4.68 Å². The first-order chi connectivity index (χ1) is 15.4. The molecule has 3 aromatic rings. The molecule has 0 atom stereocenters. The summed E-state index contributed by atoms with van der Waals surface area (Å²) in [7, 11) is 0. The topological polar surface area (TPSA) is 122 Å². The minimum absolute atomic E-state index is 0.0674.